The maximum Gasteiger partial charge on any atom is 0.309 e. The van der Waals surface area contributed by atoms with Crippen molar-refractivity contribution in [1.82, 2.24) is 4.98 Å². The van der Waals surface area contributed by atoms with Crippen LogP contribution in [0.4, 0.5) is 5.13 Å². The summed E-state index contributed by atoms with van der Waals surface area (Å²) in [7, 11) is 3.16. The van der Waals surface area contributed by atoms with Crippen molar-refractivity contribution in [3.05, 3.63) is 23.6 Å². The zero-order chi connectivity index (χ0) is 18.7. The number of amides is 1. The molecule has 0 radical (unpaired) electrons. The summed E-state index contributed by atoms with van der Waals surface area (Å²) in [5, 5.41) is 4.88. The fourth-order valence-electron chi connectivity index (χ4n) is 2.52. The molecule has 2 atom stereocenters. The largest absolute Gasteiger partial charge is 0.497 e. The third-order valence-corrected chi connectivity index (χ3v) is 4.95. The molecule has 1 heterocycles. The fraction of sp³-hybridized carbons (Fsp3) is 0.389. The number of nitrogens with one attached hydrogen (secondary N) is 1. The molecule has 0 saturated heterocycles. The first-order chi connectivity index (χ1) is 12.5. The lowest BCUT2D eigenvalue weighted by Gasteiger charge is -2.08. The molecule has 0 bridgehead atoms. The Labute approximate surface area is 155 Å². The van der Waals surface area contributed by atoms with E-state index in [1.807, 2.05) is 18.4 Å². The van der Waals surface area contributed by atoms with E-state index in [0.29, 0.717) is 28.2 Å². The number of carbonyl (C=O) groups is 2. The van der Waals surface area contributed by atoms with E-state index in [4.69, 9.17) is 14.2 Å². The average molecular weight is 376 g/mol. The summed E-state index contributed by atoms with van der Waals surface area (Å²) in [5.41, 5.74) is 1.42. The van der Waals surface area contributed by atoms with Crippen LogP contribution < -0.4 is 14.8 Å². The maximum absolute atomic E-state index is 11.9. The van der Waals surface area contributed by atoms with Crippen molar-refractivity contribution >= 4 is 28.3 Å². The highest BCUT2D eigenvalue weighted by molar-refractivity contribution is 7.14. The van der Waals surface area contributed by atoms with Gasteiger partial charge < -0.3 is 14.2 Å². The lowest BCUT2D eigenvalue weighted by molar-refractivity contribution is -0.148. The first kappa shape index (κ1) is 18.2. The predicted octanol–water partition coefficient (Wildman–Crippen LogP) is 2.97. The van der Waals surface area contributed by atoms with Crippen molar-refractivity contribution in [2.75, 3.05) is 26.1 Å². The van der Waals surface area contributed by atoms with Gasteiger partial charge in [0.15, 0.2) is 11.7 Å². The van der Waals surface area contributed by atoms with Gasteiger partial charge in [-0.3, -0.25) is 14.9 Å². The van der Waals surface area contributed by atoms with Crippen molar-refractivity contribution in [2.45, 2.75) is 13.3 Å². The molecule has 1 fully saturated rings. The van der Waals surface area contributed by atoms with Gasteiger partial charge in [0, 0.05) is 10.9 Å². The number of hydrogen-bond acceptors (Lipinski definition) is 7. The Morgan fingerprint density at radius 1 is 1.31 bits per heavy atom. The lowest BCUT2D eigenvalue weighted by Crippen LogP contribution is -2.21. The van der Waals surface area contributed by atoms with Crippen LogP contribution in [-0.2, 0) is 14.3 Å². The zero-order valence-electron chi connectivity index (χ0n) is 14.8. The fourth-order valence-corrected chi connectivity index (χ4v) is 3.25. The SMILES string of the molecule is COc1ccc(OC)c(-c2csc(NC(=O)COC(=O)[C@H]3C[C@@H]3C)n2)c1. The summed E-state index contributed by atoms with van der Waals surface area (Å²) >= 11 is 1.28. The van der Waals surface area contributed by atoms with Gasteiger partial charge in [0.25, 0.3) is 5.91 Å². The van der Waals surface area contributed by atoms with Crippen LogP contribution in [0.3, 0.4) is 0 Å². The van der Waals surface area contributed by atoms with Crippen LogP contribution in [0.5, 0.6) is 11.5 Å². The molecule has 1 aliphatic rings. The molecular weight excluding hydrogens is 356 g/mol. The molecule has 1 aromatic carbocycles. The highest BCUT2D eigenvalue weighted by Crippen LogP contribution is 2.38. The standard InChI is InChI=1S/C18H20N2O5S/c1-10-6-12(10)17(22)25-8-16(21)20-18-19-14(9-26-18)13-7-11(23-2)4-5-15(13)24-3/h4-5,7,9-10,12H,6,8H2,1-3H3,(H,19,20,21)/t10-,12-/m0/s1. The van der Waals surface area contributed by atoms with Crippen LogP contribution in [0.25, 0.3) is 11.3 Å². The number of methoxy groups -OCH3 is 2. The average Bonchev–Trinajstić information content (AvgIpc) is 3.20. The predicted molar refractivity (Wildman–Crippen MR) is 97.5 cm³/mol. The number of ether oxygens (including phenoxy) is 3. The normalized spacial score (nSPS) is 18.1. The van der Waals surface area contributed by atoms with Gasteiger partial charge in [-0.1, -0.05) is 6.92 Å². The van der Waals surface area contributed by atoms with Crippen LogP contribution in [0.2, 0.25) is 0 Å². The molecule has 1 saturated carbocycles. The molecular formula is C18H20N2O5S. The zero-order valence-corrected chi connectivity index (χ0v) is 15.6. The monoisotopic (exact) mass is 376 g/mol. The van der Waals surface area contributed by atoms with E-state index >= 15 is 0 Å². The Bertz CT molecular complexity index is 820. The molecule has 0 unspecified atom stereocenters. The minimum absolute atomic E-state index is 0.0604. The molecule has 138 valence electrons. The molecule has 26 heavy (non-hydrogen) atoms. The van der Waals surface area contributed by atoms with Crippen LogP contribution in [0.1, 0.15) is 13.3 Å². The molecule has 8 heteroatoms. The molecule has 3 rings (SSSR count). The van der Waals surface area contributed by atoms with Crippen molar-refractivity contribution < 1.29 is 23.8 Å². The van der Waals surface area contributed by atoms with Gasteiger partial charge in [0.2, 0.25) is 0 Å². The molecule has 1 amide bonds. The molecule has 1 N–H and O–H groups in total. The topological polar surface area (TPSA) is 86.8 Å². The van der Waals surface area contributed by atoms with Gasteiger partial charge in [-0.15, -0.1) is 11.3 Å². The molecule has 1 aliphatic carbocycles. The Balaban J connectivity index is 1.62. The van der Waals surface area contributed by atoms with Crippen LogP contribution in [-0.4, -0.2) is 37.7 Å². The van der Waals surface area contributed by atoms with E-state index in [1.165, 1.54) is 11.3 Å². The van der Waals surface area contributed by atoms with E-state index in [2.05, 4.69) is 10.3 Å². The van der Waals surface area contributed by atoms with E-state index in [-0.39, 0.29) is 18.5 Å². The number of thiazole rings is 1. The number of carbonyl (C=O) groups excluding carboxylic acids is 2. The number of nitrogens with zero attached hydrogens (tertiary/aromatic N) is 1. The van der Waals surface area contributed by atoms with Crippen molar-refractivity contribution in [3.8, 4) is 22.8 Å². The summed E-state index contributed by atoms with van der Waals surface area (Å²) in [5.74, 6) is 0.903. The minimum atomic E-state index is -0.412. The lowest BCUT2D eigenvalue weighted by atomic mass is 10.1. The van der Waals surface area contributed by atoms with Gasteiger partial charge >= 0.3 is 5.97 Å². The molecule has 0 aliphatic heterocycles. The maximum atomic E-state index is 11.9. The van der Waals surface area contributed by atoms with E-state index in [9.17, 15) is 9.59 Å². The molecule has 7 nitrogen and oxygen atoms in total. The van der Waals surface area contributed by atoms with E-state index in [0.717, 1.165) is 12.0 Å². The van der Waals surface area contributed by atoms with E-state index in [1.54, 1.807) is 26.4 Å². The number of rotatable bonds is 7. The Kier molecular flexibility index (Phi) is 5.41. The molecule has 0 spiro atoms. The van der Waals surface area contributed by atoms with Gasteiger partial charge in [0.1, 0.15) is 11.5 Å². The Hall–Kier alpha value is -2.61. The van der Waals surface area contributed by atoms with Crippen LogP contribution >= 0.6 is 11.3 Å². The highest BCUT2D eigenvalue weighted by Gasteiger charge is 2.40. The number of aromatic nitrogens is 1. The summed E-state index contributed by atoms with van der Waals surface area (Å²) in [6.45, 7) is 1.68. The summed E-state index contributed by atoms with van der Waals surface area (Å²) in [6, 6.07) is 5.41. The molecule has 2 aromatic rings. The third kappa shape index (κ3) is 4.13. The van der Waals surface area contributed by atoms with Crippen molar-refractivity contribution in [2.24, 2.45) is 11.8 Å². The quantitative estimate of drug-likeness (QED) is 0.748. The number of esters is 1. The molecule has 1 aromatic heterocycles. The second kappa shape index (κ2) is 7.74. The van der Waals surface area contributed by atoms with Crippen molar-refractivity contribution in [1.29, 1.82) is 0 Å². The Morgan fingerprint density at radius 3 is 2.73 bits per heavy atom. The third-order valence-electron chi connectivity index (χ3n) is 4.19. The number of hydrogen-bond donors (Lipinski definition) is 1. The number of benzene rings is 1. The smallest absolute Gasteiger partial charge is 0.309 e. The van der Waals surface area contributed by atoms with Gasteiger partial charge in [0.05, 0.1) is 25.8 Å². The Morgan fingerprint density at radius 2 is 2.08 bits per heavy atom. The summed E-state index contributed by atoms with van der Waals surface area (Å²) in [6.07, 6.45) is 0.832. The minimum Gasteiger partial charge on any atom is -0.497 e. The second-order valence-corrected chi connectivity index (χ2v) is 6.94. The first-order valence-electron chi connectivity index (χ1n) is 8.16. The van der Waals surface area contributed by atoms with Crippen molar-refractivity contribution in [3.63, 3.8) is 0 Å². The highest BCUT2D eigenvalue weighted by atomic mass is 32.1. The second-order valence-electron chi connectivity index (χ2n) is 6.08. The van der Waals surface area contributed by atoms with Gasteiger partial charge in [-0.05, 0) is 30.5 Å². The first-order valence-corrected chi connectivity index (χ1v) is 9.04. The van der Waals surface area contributed by atoms with Gasteiger partial charge in [-0.2, -0.15) is 0 Å². The van der Waals surface area contributed by atoms with Crippen LogP contribution in [0, 0.1) is 11.8 Å². The summed E-state index contributed by atoms with van der Waals surface area (Å²) in [4.78, 5) is 28.0. The van der Waals surface area contributed by atoms with Gasteiger partial charge in [-0.25, -0.2) is 4.98 Å². The van der Waals surface area contributed by atoms with E-state index < -0.39 is 5.91 Å². The van der Waals surface area contributed by atoms with Crippen LogP contribution in [0.15, 0.2) is 23.6 Å². The number of anilines is 1. The summed E-state index contributed by atoms with van der Waals surface area (Å²) < 4.78 is 15.6.